The van der Waals surface area contributed by atoms with Crippen molar-refractivity contribution < 1.29 is 9.90 Å². The molecule has 0 bridgehead atoms. The van der Waals surface area contributed by atoms with Crippen LogP contribution in [0.1, 0.15) is 25.0 Å². The number of nitrogens with zero attached hydrogens (tertiary/aromatic N) is 3. The molecule has 2 heterocycles. The SMILES string of the molecule is CN(CC1CCCC1O)C(=O)Cc1csc(-c2ccccn2)n1. The summed E-state index contributed by atoms with van der Waals surface area (Å²) in [6.45, 7) is 0.622. The lowest BCUT2D eigenvalue weighted by Gasteiger charge is -2.23. The zero-order valence-electron chi connectivity index (χ0n) is 13.2. The third-order valence-corrected chi connectivity index (χ3v) is 5.23. The summed E-state index contributed by atoms with van der Waals surface area (Å²) >= 11 is 1.51. The van der Waals surface area contributed by atoms with Gasteiger partial charge >= 0.3 is 0 Å². The van der Waals surface area contributed by atoms with E-state index in [1.165, 1.54) is 11.3 Å². The number of likely N-dealkylation sites (N-methyl/N-ethyl adjacent to an activating group) is 1. The average Bonchev–Trinajstić information content (AvgIpc) is 3.18. The Morgan fingerprint density at radius 1 is 1.43 bits per heavy atom. The molecule has 1 saturated carbocycles. The van der Waals surface area contributed by atoms with Gasteiger partial charge in [0.2, 0.25) is 5.91 Å². The normalized spacial score (nSPS) is 20.6. The van der Waals surface area contributed by atoms with Crippen LogP contribution in [0, 0.1) is 5.92 Å². The summed E-state index contributed by atoms with van der Waals surface area (Å²) in [5.41, 5.74) is 1.61. The van der Waals surface area contributed by atoms with Crippen LogP contribution >= 0.6 is 11.3 Å². The van der Waals surface area contributed by atoms with Crippen molar-refractivity contribution in [2.24, 2.45) is 5.92 Å². The Bertz CT molecular complexity index is 659. The highest BCUT2D eigenvalue weighted by molar-refractivity contribution is 7.13. The van der Waals surface area contributed by atoms with Gasteiger partial charge in [0.1, 0.15) is 5.01 Å². The van der Waals surface area contributed by atoms with Gasteiger partial charge in [-0.15, -0.1) is 11.3 Å². The maximum atomic E-state index is 12.3. The molecule has 0 saturated heterocycles. The number of hydrogen-bond donors (Lipinski definition) is 1. The number of carbonyl (C=O) groups excluding carboxylic acids is 1. The van der Waals surface area contributed by atoms with E-state index in [1.807, 2.05) is 23.6 Å². The highest BCUT2D eigenvalue weighted by Crippen LogP contribution is 2.26. The highest BCUT2D eigenvalue weighted by atomic mass is 32.1. The van der Waals surface area contributed by atoms with Crippen molar-refractivity contribution in [3.63, 3.8) is 0 Å². The van der Waals surface area contributed by atoms with E-state index in [0.717, 1.165) is 35.7 Å². The first kappa shape index (κ1) is 16.1. The largest absolute Gasteiger partial charge is 0.393 e. The van der Waals surface area contributed by atoms with E-state index in [2.05, 4.69) is 9.97 Å². The lowest BCUT2D eigenvalue weighted by Crippen LogP contribution is -2.35. The van der Waals surface area contributed by atoms with Gasteiger partial charge in [-0.25, -0.2) is 4.98 Å². The molecule has 2 aromatic rings. The molecule has 3 rings (SSSR count). The van der Waals surface area contributed by atoms with Crippen LogP contribution in [-0.2, 0) is 11.2 Å². The monoisotopic (exact) mass is 331 g/mol. The third kappa shape index (κ3) is 3.95. The van der Waals surface area contributed by atoms with Crippen LogP contribution < -0.4 is 0 Å². The van der Waals surface area contributed by atoms with Crippen molar-refractivity contribution >= 4 is 17.2 Å². The quantitative estimate of drug-likeness (QED) is 0.913. The smallest absolute Gasteiger partial charge is 0.228 e. The standard InChI is InChI=1S/C17H21N3O2S/c1-20(10-12-5-4-7-15(12)21)16(22)9-13-11-23-17(19-13)14-6-2-3-8-18-14/h2-3,6,8,11-12,15,21H,4-5,7,9-10H2,1H3. The molecule has 0 aromatic carbocycles. The molecule has 2 unspecified atom stereocenters. The zero-order chi connectivity index (χ0) is 16.2. The molecule has 6 heteroatoms. The Balaban J connectivity index is 1.58. The fourth-order valence-electron chi connectivity index (χ4n) is 2.97. The van der Waals surface area contributed by atoms with Gasteiger partial charge in [-0.2, -0.15) is 0 Å². The first-order valence-electron chi connectivity index (χ1n) is 7.91. The van der Waals surface area contributed by atoms with Gasteiger partial charge in [-0.1, -0.05) is 12.5 Å². The molecular formula is C17H21N3O2S. The van der Waals surface area contributed by atoms with Crippen molar-refractivity contribution in [1.82, 2.24) is 14.9 Å². The number of pyridine rings is 1. The molecule has 1 fully saturated rings. The molecule has 0 aliphatic heterocycles. The van der Waals surface area contributed by atoms with Crippen molar-refractivity contribution in [2.45, 2.75) is 31.8 Å². The van der Waals surface area contributed by atoms with Crippen LogP contribution in [0.5, 0.6) is 0 Å². The lowest BCUT2D eigenvalue weighted by atomic mass is 10.1. The van der Waals surface area contributed by atoms with Gasteiger partial charge in [0.05, 0.1) is 23.9 Å². The van der Waals surface area contributed by atoms with Gasteiger partial charge in [-0.3, -0.25) is 9.78 Å². The molecule has 5 nitrogen and oxygen atoms in total. The van der Waals surface area contributed by atoms with E-state index in [9.17, 15) is 9.90 Å². The predicted octanol–water partition coefficient (Wildman–Crippen LogP) is 2.37. The average molecular weight is 331 g/mol. The van der Waals surface area contributed by atoms with Gasteiger partial charge in [0.15, 0.2) is 0 Å². The molecule has 2 aromatic heterocycles. The molecule has 1 N–H and O–H groups in total. The number of hydrogen-bond acceptors (Lipinski definition) is 5. The minimum atomic E-state index is -0.264. The van der Waals surface area contributed by atoms with E-state index in [0.29, 0.717) is 13.0 Å². The highest BCUT2D eigenvalue weighted by Gasteiger charge is 2.27. The molecule has 122 valence electrons. The number of aliphatic hydroxyl groups is 1. The summed E-state index contributed by atoms with van der Waals surface area (Å²) in [5, 5.41) is 12.6. The van der Waals surface area contributed by atoms with Crippen LogP contribution in [0.4, 0.5) is 0 Å². The van der Waals surface area contributed by atoms with Crippen molar-refractivity contribution in [1.29, 1.82) is 0 Å². The van der Waals surface area contributed by atoms with Gasteiger partial charge in [0.25, 0.3) is 0 Å². The Kier molecular flexibility index (Phi) is 5.03. The zero-order valence-corrected chi connectivity index (χ0v) is 14.0. The molecular weight excluding hydrogens is 310 g/mol. The fourth-order valence-corrected chi connectivity index (χ4v) is 3.76. The van der Waals surface area contributed by atoms with Crippen molar-refractivity contribution in [3.8, 4) is 10.7 Å². The minimum Gasteiger partial charge on any atom is -0.393 e. The Morgan fingerprint density at radius 3 is 3.00 bits per heavy atom. The number of aromatic nitrogens is 2. The fraction of sp³-hybridized carbons (Fsp3) is 0.471. The topological polar surface area (TPSA) is 66.3 Å². The number of aliphatic hydroxyl groups excluding tert-OH is 1. The van der Waals surface area contributed by atoms with Gasteiger partial charge in [-0.05, 0) is 25.0 Å². The Morgan fingerprint density at radius 2 is 2.30 bits per heavy atom. The Labute approximate surface area is 140 Å². The second kappa shape index (κ2) is 7.19. The number of thiazole rings is 1. The van der Waals surface area contributed by atoms with Gasteiger partial charge < -0.3 is 10.0 Å². The molecule has 1 amide bonds. The van der Waals surface area contributed by atoms with E-state index < -0.39 is 0 Å². The number of rotatable bonds is 5. The van der Waals surface area contributed by atoms with Crippen LogP contribution in [0.25, 0.3) is 10.7 Å². The van der Waals surface area contributed by atoms with Crippen LogP contribution in [0.2, 0.25) is 0 Å². The minimum absolute atomic E-state index is 0.0435. The van der Waals surface area contributed by atoms with E-state index >= 15 is 0 Å². The van der Waals surface area contributed by atoms with Crippen molar-refractivity contribution in [2.75, 3.05) is 13.6 Å². The second-order valence-electron chi connectivity index (χ2n) is 6.07. The summed E-state index contributed by atoms with van der Waals surface area (Å²) in [6.07, 6.45) is 4.67. The Hall–Kier alpha value is -1.79. The van der Waals surface area contributed by atoms with Crippen molar-refractivity contribution in [3.05, 3.63) is 35.5 Å². The predicted molar refractivity (Wildman–Crippen MR) is 90.0 cm³/mol. The van der Waals surface area contributed by atoms with Gasteiger partial charge in [0, 0.05) is 31.1 Å². The summed E-state index contributed by atoms with van der Waals surface area (Å²) < 4.78 is 0. The second-order valence-corrected chi connectivity index (χ2v) is 6.93. The van der Waals surface area contributed by atoms with Crippen LogP contribution in [0.15, 0.2) is 29.8 Å². The number of amides is 1. The lowest BCUT2D eigenvalue weighted by molar-refractivity contribution is -0.130. The van der Waals surface area contributed by atoms with Crippen LogP contribution in [-0.4, -0.2) is 45.6 Å². The molecule has 1 aliphatic carbocycles. The molecule has 1 aliphatic rings. The first-order valence-corrected chi connectivity index (χ1v) is 8.79. The summed E-state index contributed by atoms with van der Waals surface area (Å²) in [6, 6.07) is 5.71. The van der Waals surface area contributed by atoms with E-state index in [1.54, 1.807) is 18.1 Å². The molecule has 23 heavy (non-hydrogen) atoms. The first-order chi connectivity index (χ1) is 11.1. The van der Waals surface area contributed by atoms with Crippen LogP contribution in [0.3, 0.4) is 0 Å². The molecule has 2 atom stereocenters. The number of carbonyl (C=O) groups is 1. The third-order valence-electron chi connectivity index (χ3n) is 4.32. The summed E-state index contributed by atoms with van der Waals surface area (Å²) in [5.74, 6) is 0.255. The van der Waals surface area contributed by atoms with E-state index in [4.69, 9.17) is 0 Å². The summed E-state index contributed by atoms with van der Waals surface area (Å²) in [4.78, 5) is 22.9. The molecule has 0 radical (unpaired) electrons. The van der Waals surface area contributed by atoms with E-state index in [-0.39, 0.29) is 17.9 Å². The molecule has 0 spiro atoms. The summed E-state index contributed by atoms with van der Waals surface area (Å²) in [7, 11) is 1.80. The maximum Gasteiger partial charge on any atom is 0.228 e. The maximum absolute atomic E-state index is 12.3.